The monoisotopic (exact) mass is 648 g/mol. The maximum atomic E-state index is 13.2. The van der Waals surface area contributed by atoms with Gasteiger partial charge in [-0.05, 0) is 49.8 Å². The molecule has 0 unspecified atom stereocenters. The van der Waals surface area contributed by atoms with Crippen molar-refractivity contribution in [2.45, 2.75) is 52.4 Å². The summed E-state index contributed by atoms with van der Waals surface area (Å²) in [5.41, 5.74) is 0.932. The number of hydrogen-bond donors (Lipinski definition) is 2. The molecule has 2 N–H and O–H groups in total. The zero-order valence-corrected chi connectivity index (χ0v) is 26.0. The molecule has 0 aliphatic carbocycles. The largest absolute Gasteiger partial charge is 0.573 e. The summed E-state index contributed by atoms with van der Waals surface area (Å²) in [5.74, 6) is -1.46. The van der Waals surface area contributed by atoms with E-state index in [2.05, 4.69) is 43.8 Å². The zero-order valence-electron chi connectivity index (χ0n) is 25.2. The molecule has 0 radical (unpaired) electrons. The number of thiazole rings is 1. The predicted molar refractivity (Wildman–Crippen MR) is 162 cm³/mol. The highest BCUT2D eigenvalue weighted by atomic mass is 32.1. The van der Waals surface area contributed by atoms with E-state index in [0.717, 1.165) is 36.9 Å². The minimum absolute atomic E-state index is 0.0532. The maximum Gasteiger partial charge on any atom is 0.573 e. The topological polar surface area (TPSA) is 130 Å². The lowest BCUT2D eigenvalue weighted by atomic mass is 9.84. The van der Waals surface area contributed by atoms with Crippen LogP contribution in [0.25, 0.3) is 11.3 Å². The third-order valence-electron chi connectivity index (χ3n) is 7.93. The maximum absolute atomic E-state index is 13.2. The molecule has 0 atom stereocenters. The van der Waals surface area contributed by atoms with E-state index in [1.54, 1.807) is 6.07 Å². The second-order valence-electron chi connectivity index (χ2n) is 12.0. The van der Waals surface area contributed by atoms with Crippen LogP contribution in [0.15, 0.2) is 30.6 Å². The fourth-order valence-corrected chi connectivity index (χ4v) is 6.78. The summed E-state index contributed by atoms with van der Waals surface area (Å²) in [6.45, 7) is 7.64. The van der Waals surface area contributed by atoms with Crippen molar-refractivity contribution in [2.24, 2.45) is 11.3 Å². The predicted octanol–water partition coefficient (Wildman–Crippen LogP) is 5.68. The van der Waals surface area contributed by atoms with E-state index in [1.807, 2.05) is 4.90 Å². The van der Waals surface area contributed by atoms with Gasteiger partial charge in [-0.25, -0.2) is 15.0 Å². The number of amides is 1. The number of nitrogens with zero attached hydrogens (tertiary/aromatic N) is 5. The third-order valence-corrected chi connectivity index (χ3v) is 8.88. The fraction of sp³-hybridized carbons (Fsp3) is 0.500. The highest BCUT2D eigenvalue weighted by Crippen LogP contribution is 2.39. The number of aromatic nitrogens is 3. The second-order valence-corrected chi connectivity index (χ2v) is 13.1. The summed E-state index contributed by atoms with van der Waals surface area (Å²) < 4.78 is 48.7. The van der Waals surface area contributed by atoms with Crippen LogP contribution in [0, 0.1) is 11.3 Å². The number of halogens is 3. The molecule has 2 aromatic heterocycles. The number of carboxylic acids is 1. The van der Waals surface area contributed by atoms with Crippen LogP contribution in [0.2, 0.25) is 0 Å². The first-order chi connectivity index (χ1) is 21.3. The Hall–Kier alpha value is -3.98. The minimum atomic E-state index is -4.89. The van der Waals surface area contributed by atoms with Crippen molar-refractivity contribution in [3.05, 3.63) is 41.2 Å². The fourth-order valence-electron chi connectivity index (χ4n) is 5.76. The number of carboxylic acid groups (broad SMARTS) is 1. The van der Waals surface area contributed by atoms with Crippen LogP contribution in [0.5, 0.6) is 11.5 Å². The number of methoxy groups -OCH3 is 1. The average Bonchev–Trinajstić information content (AvgIpc) is 3.37. The van der Waals surface area contributed by atoms with Gasteiger partial charge in [-0.15, -0.1) is 13.2 Å². The van der Waals surface area contributed by atoms with E-state index in [9.17, 15) is 27.9 Å². The molecule has 2 aliphatic heterocycles. The normalized spacial score (nSPS) is 17.6. The van der Waals surface area contributed by atoms with E-state index in [4.69, 9.17) is 4.74 Å². The number of piperidine rings is 2. The lowest BCUT2D eigenvalue weighted by Gasteiger charge is -2.37. The van der Waals surface area contributed by atoms with Crippen molar-refractivity contribution in [2.75, 3.05) is 43.5 Å². The van der Waals surface area contributed by atoms with Gasteiger partial charge in [0, 0.05) is 42.7 Å². The van der Waals surface area contributed by atoms with Crippen molar-refractivity contribution in [1.82, 2.24) is 19.9 Å². The molecule has 4 heterocycles. The van der Waals surface area contributed by atoms with Gasteiger partial charge in [0.25, 0.3) is 5.91 Å². The number of carbonyl (C=O) groups excluding carboxylic acids is 1. The second kappa shape index (κ2) is 13.2. The molecular weight excluding hydrogens is 613 g/mol. The van der Waals surface area contributed by atoms with Crippen LogP contribution in [-0.4, -0.2) is 76.5 Å². The number of hydrogen-bond acceptors (Lipinski definition) is 10. The van der Waals surface area contributed by atoms with Gasteiger partial charge >= 0.3 is 12.3 Å². The van der Waals surface area contributed by atoms with E-state index in [-0.39, 0.29) is 27.9 Å². The number of anilines is 2. The molecule has 0 spiro atoms. The number of aliphatic carboxylic acids is 1. The Morgan fingerprint density at radius 1 is 1.11 bits per heavy atom. The van der Waals surface area contributed by atoms with Crippen molar-refractivity contribution >= 4 is 34.2 Å². The first-order valence-corrected chi connectivity index (χ1v) is 15.4. The Balaban J connectivity index is 1.38. The van der Waals surface area contributed by atoms with Crippen LogP contribution >= 0.6 is 11.3 Å². The lowest BCUT2D eigenvalue weighted by Crippen LogP contribution is -2.39. The van der Waals surface area contributed by atoms with Crippen LogP contribution in [0.3, 0.4) is 0 Å². The molecule has 5 rings (SSSR count). The van der Waals surface area contributed by atoms with Gasteiger partial charge in [0.2, 0.25) is 0 Å². The molecule has 11 nitrogen and oxygen atoms in total. The van der Waals surface area contributed by atoms with Gasteiger partial charge in [0.1, 0.15) is 23.0 Å². The number of ether oxygens (including phenoxy) is 2. The molecule has 0 bridgehead atoms. The molecule has 1 aromatic carbocycles. The SMILES string of the molecule is COc1cc(OC(F)(F)F)cc(-c2nc(NC(=O)c3cnc(N4CCC(C(=O)O)CC4)cn3)sc2CN2CCCC(C)(C)C2)c1. The summed E-state index contributed by atoms with van der Waals surface area (Å²) in [6.07, 6.45) is 1.04. The smallest absolute Gasteiger partial charge is 0.497 e. The van der Waals surface area contributed by atoms with Gasteiger partial charge < -0.3 is 19.5 Å². The summed E-state index contributed by atoms with van der Waals surface area (Å²) in [5, 5.41) is 12.2. The van der Waals surface area contributed by atoms with Crippen LogP contribution < -0.4 is 19.7 Å². The third kappa shape index (κ3) is 8.39. The summed E-state index contributed by atoms with van der Waals surface area (Å²) in [7, 11) is 1.35. The number of carbonyl (C=O) groups is 2. The number of rotatable bonds is 9. The van der Waals surface area contributed by atoms with Gasteiger partial charge in [0.15, 0.2) is 5.13 Å². The van der Waals surface area contributed by atoms with E-state index < -0.39 is 24.0 Å². The average molecular weight is 649 g/mol. The number of likely N-dealkylation sites (tertiary alicyclic amines) is 1. The molecule has 2 aliphatic rings. The Morgan fingerprint density at radius 2 is 1.84 bits per heavy atom. The molecule has 1 amide bonds. The Bertz CT molecular complexity index is 1520. The highest BCUT2D eigenvalue weighted by Gasteiger charge is 2.32. The van der Waals surface area contributed by atoms with Crippen molar-refractivity contribution < 1.29 is 37.3 Å². The number of alkyl halides is 3. The lowest BCUT2D eigenvalue weighted by molar-refractivity contribution is -0.274. The molecule has 2 saturated heterocycles. The molecule has 2 fully saturated rings. The highest BCUT2D eigenvalue weighted by molar-refractivity contribution is 7.16. The zero-order chi connectivity index (χ0) is 32.4. The number of nitrogens with one attached hydrogen (secondary N) is 1. The van der Waals surface area contributed by atoms with Crippen LogP contribution in [-0.2, 0) is 11.3 Å². The van der Waals surface area contributed by atoms with Gasteiger partial charge in [-0.3, -0.25) is 19.8 Å². The van der Waals surface area contributed by atoms with Crippen molar-refractivity contribution in [1.29, 1.82) is 0 Å². The minimum Gasteiger partial charge on any atom is -0.497 e. The van der Waals surface area contributed by atoms with Crippen LogP contribution in [0.4, 0.5) is 24.1 Å². The Labute approximate surface area is 262 Å². The van der Waals surface area contributed by atoms with E-state index >= 15 is 0 Å². The standard InChI is InChI=1S/C30H35F3N6O5S/c1-29(2)7-4-8-38(17-29)16-23-25(19-11-20(43-3)13-21(12-19)44-30(31,32)33)36-28(45-23)37-26(40)22-14-35-24(15-34-22)39-9-5-18(6-10-39)27(41)42/h11-15,18H,4-10,16-17H2,1-3H3,(H,41,42)(H,36,37,40). The number of benzene rings is 1. The van der Waals surface area contributed by atoms with Crippen molar-refractivity contribution in [3.8, 4) is 22.8 Å². The first kappa shape index (κ1) is 32.4. The van der Waals surface area contributed by atoms with Crippen LogP contribution in [0.1, 0.15) is 54.9 Å². The molecule has 3 aromatic rings. The molecule has 45 heavy (non-hydrogen) atoms. The molecular formula is C30H35F3N6O5S. The van der Waals surface area contributed by atoms with E-state index in [1.165, 1.54) is 36.9 Å². The summed E-state index contributed by atoms with van der Waals surface area (Å²) in [4.78, 5) is 42.6. The molecule has 15 heteroatoms. The molecule has 0 saturated carbocycles. The summed E-state index contributed by atoms with van der Waals surface area (Å²) in [6, 6.07) is 3.98. The van der Waals surface area contributed by atoms with E-state index in [0.29, 0.717) is 49.6 Å². The molecule has 242 valence electrons. The quantitative estimate of drug-likeness (QED) is 0.299. The van der Waals surface area contributed by atoms with Crippen molar-refractivity contribution in [3.63, 3.8) is 0 Å². The van der Waals surface area contributed by atoms with Gasteiger partial charge in [-0.1, -0.05) is 25.2 Å². The Kier molecular flexibility index (Phi) is 9.49. The first-order valence-electron chi connectivity index (χ1n) is 14.6. The van der Waals surface area contributed by atoms with Gasteiger partial charge in [0.05, 0.1) is 31.1 Å². The Morgan fingerprint density at radius 3 is 2.47 bits per heavy atom. The van der Waals surface area contributed by atoms with Gasteiger partial charge in [-0.2, -0.15) is 0 Å². The summed E-state index contributed by atoms with van der Waals surface area (Å²) >= 11 is 1.24.